The third kappa shape index (κ3) is 4.21. The lowest BCUT2D eigenvalue weighted by molar-refractivity contribution is 0.662. The van der Waals surface area contributed by atoms with Crippen LogP contribution in [0.4, 0.5) is 11.4 Å². The van der Waals surface area contributed by atoms with Crippen molar-refractivity contribution >= 4 is 11.4 Å². The summed E-state index contributed by atoms with van der Waals surface area (Å²) in [6.45, 7) is 4.69. The Morgan fingerprint density at radius 1 is 0.375 bits per heavy atom. The summed E-state index contributed by atoms with van der Waals surface area (Å²) >= 11 is 0. The first kappa shape index (κ1) is 24.2. The SMILES string of the molecule is CC1(C)c2ccccc2-c2cccc(-c3ccc(Nc4ccc(-c5ccc(-c6ccccc6)cc5)cc4)cc3)c21. The first-order valence-electron chi connectivity index (χ1n) is 13.9. The Balaban J connectivity index is 1.09. The molecule has 0 heterocycles. The molecule has 6 aromatic carbocycles. The van der Waals surface area contributed by atoms with Gasteiger partial charge in [-0.05, 0) is 79.9 Å². The number of hydrogen-bond donors (Lipinski definition) is 1. The standard InChI is InChI=1S/C39H31N/c1-39(2)37-14-7-6-11-35(37)36-13-8-12-34(38(36)39)31-21-25-33(26-22-31)40-32-23-19-30(20-24-32)29-17-15-28(16-18-29)27-9-4-3-5-10-27/h3-26,40H,1-2H3. The van der Waals surface area contributed by atoms with Crippen molar-refractivity contribution in [1.29, 1.82) is 0 Å². The molecule has 0 saturated carbocycles. The lowest BCUT2D eigenvalue weighted by atomic mass is 9.79. The highest BCUT2D eigenvalue weighted by atomic mass is 14.9. The van der Waals surface area contributed by atoms with Crippen molar-refractivity contribution in [1.82, 2.24) is 0 Å². The summed E-state index contributed by atoms with van der Waals surface area (Å²) in [7, 11) is 0. The molecular weight excluding hydrogens is 482 g/mol. The Bertz CT molecular complexity index is 1790. The van der Waals surface area contributed by atoms with Crippen LogP contribution >= 0.6 is 0 Å². The number of hydrogen-bond acceptors (Lipinski definition) is 1. The maximum Gasteiger partial charge on any atom is 0.0384 e. The molecule has 0 radical (unpaired) electrons. The van der Waals surface area contributed by atoms with E-state index >= 15 is 0 Å². The average molecular weight is 514 g/mol. The zero-order chi connectivity index (χ0) is 27.1. The van der Waals surface area contributed by atoms with E-state index in [4.69, 9.17) is 0 Å². The third-order valence-electron chi connectivity index (χ3n) is 8.27. The zero-order valence-electron chi connectivity index (χ0n) is 22.9. The van der Waals surface area contributed by atoms with Gasteiger partial charge in [-0.1, -0.05) is 135 Å². The fraction of sp³-hybridized carbons (Fsp3) is 0.0769. The van der Waals surface area contributed by atoms with Gasteiger partial charge in [0, 0.05) is 16.8 Å². The minimum absolute atomic E-state index is 0.0247. The zero-order valence-corrected chi connectivity index (χ0v) is 22.9. The maximum atomic E-state index is 3.57. The summed E-state index contributed by atoms with van der Waals surface area (Å²) in [5.74, 6) is 0. The molecule has 1 aliphatic carbocycles. The highest BCUT2D eigenvalue weighted by Crippen LogP contribution is 2.52. The molecular formula is C39H31N. The van der Waals surface area contributed by atoms with Crippen LogP contribution in [0.3, 0.4) is 0 Å². The fourth-order valence-electron chi connectivity index (χ4n) is 6.22. The van der Waals surface area contributed by atoms with Crippen LogP contribution < -0.4 is 5.32 Å². The fourth-order valence-corrected chi connectivity index (χ4v) is 6.22. The normalized spacial score (nSPS) is 12.9. The summed E-state index contributed by atoms with van der Waals surface area (Å²) in [5, 5.41) is 3.57. The summed E-state index contributed by atoms with van der Waals surface area (Å²) in [6, 6.07) is 52.3. The lowest BCUT2D eigenvalue weighted by Gasteiger charge is -2.24. The van der Waals surface area contributed by atoms with Crippen LogP contribution in [0.15, 0.2) is 146 Å². The molecule has 1 heteroatoms. The third-order valence-corrected chi connectivity index (χ3v) is 8.27. The Morgan fingerprint density at radius 2 is 0.825 bits per heavy atom. The second-order valence-electron chi connectivity index (χ2n) is 11.1. The highest BCUT2D eigenvalue weighted by Gasteiger charge is 2.37. The van der Waals surface area contributed by atoms with E-state index in [1.165, 1.54) is 55.6 Å². The van der Waals surface area contributed by atoms with Gasteiger partial charge in [0.15, 0.2) is 0 Å². The van der Waals surface area contributed by atoms with E-state index in [0.29, 0.717) is 0 Å². The molecule has 0 saturated heterocycles. The minimum Gasteiger partial charge on any atom is -0.356 e. The number of rotatable bonds is 5. The summed E-state index contributed by atoms with van der Waals surface area (Å²) < 4.78 is 0. The Kier molecular flexibility index (Phi) is 5.86. The van der Waals surface area contributed by atoms with Gasteiger partial charge in [-0.25, -0.2) is 0 Å². The number of nitrogens with one attached hydrogen (secondary N) is 1. The average Bonchev–Trinajstić information content (AvgIpc) is 3.25. The van der Waals surface area contributed by atoms with Crippen molar-refractivity contribution in [3.05, 3.63) is 157 Å². The van der Waals surface area contributed by atoms with Crippen molar-refractivity contribution in [3.8, 4) is 44.5 Å². The Labute approximate surface area is 236 Å². The number of benzene rings is 6. The van der Waals surface area contributed by atoms with Gasteiger partial charge in [-0.3, -0.25) is 0 Å². The first-order valence-corrected chi connectivity index (χ1v) is 13.9. The van der Waals surface area contributed by atoms with Crippen molar-refractivity contribution in [2.24, 2.45) is 0 Å². The second-order valence-corrected chi connectivity index (χ2v) is 11.1. The van der Waals surface area contributed by atoms with Crippen molar-refractivity contribution in [2.45, 2.75) is 19.3 Å². The molecule has 0 spiro atoms. The first-order chi connectivity index (χ1) is 19.6. The monoisotopic (exact) mass is 513 g/mol. The van der Waals surface area contributed by atoms with E-state index in [2.05, 4.69) is 165 Å². The summed E-state index contributed by atoms with van der Waals surface area (Å²) in [6.07, 6.45) is 0. The summed E-state index contributed by atoms with van der Waals surface area (Å²) in [5.41, 5.74) is 15.1. The van der Waals surface area contributed by atoms with Gasteiger partial charge >= 0.3 is 0 Å². The predicted octanol–water partition coefficient (Wildman–Crippen LogP) is 10.7. The van der Waals surface area contributed by atoms with Crippen molar-refractivity contribution in [2.75, 3.05) is 5.32 Å². The molecule has 1 N–H and O–H groups in total. The van der Waals surface area contributed by atoms with Crippen LogP contribution in [0.1, 0.15) is 25.0 Å². The van der Waals surface area contributed by atoms with Crippen LogP contribution in [-0.4, -0.2) is 0 Å². The molecule has 0 atom stereocenters. The topological polar surface area (TPSA) is 12.0 Å². The smallest absolute Gasteiger partial charge is 0.0384 e. The Hall–Kier alpha value is -4.88. The van der Waals surface area contributed by atoms with E-state index in [0.717, 1.165) is 11.4 Å². The molecule has 0 bridgehead atoms. The second kappa shape index (κ2) is 9.70. The van der Waals surface area contributed by atoms with Crippen LogP contribution in [0, 0.1) is 0 Å². The minimum atomic E-state index is -0.0247. The van der Waals surface area contributed by atoms with E-state index in [1.807, 2.05) is 0 Å². The maximum absolute atomic E-state index is 3.57. The molecule has 1 aliphatic rings. The van der Waals surface area contributed by atoms with Crippen molar-refractivity contribution in [3.63, 3.8) is 0 Å². The molecule has 0 fully saturated rings. The lowest BCUT2D eigenvalue weighted by Crippen LogP contribution is -2.16. The quantitative estimate of drug-likeness (QED) is 0.242. The highest BCUT2D eigenvalue weighted by molar-refractivity contribution is 5.88. The van der Waals surface area contributed by atoms with Gasteiger partial charge in [-0.15, -0.1) is 0 Å². The van der Waals surface area contributed by atoms with E-state index in [1.54, 1.807) is 0 Å². The molecule has 40 heavy (non-hydrogen) atoms. The van der Waals surface area contributed by atoms with Gasteiger partial charge in [0.2, 0.25) is 0 Å². The van der Waals surface area contributed by atoms with E-state index in [9.17, 15) is 0 Å². The molecule has 0 amide bonds. The molecule has 0 aromatic heterocycles. The Morgan fingerprint density at radius 3 is 1.45 bits per heavy atom. The van der Waals surface area contributed by atoms with Gasteiger partial charge in [-0.2, -0.15) is 0 Å². The van der Waals surface area contributed by atoms with Gasteiger partial charge in [0.1, 0.15) is 0 Å². The number of anilines is 2. The molecule has 1 nitrogen and oxygen atoms in total. The van der Waals surface area contributed by atoms with Gasteiger partial charge in [0.05, 0.1) is 0 Å². The molecule has 0 aliphatic heterocycles. The van der Waals surface area contributed by atoms with Gasteiger partial charge < -0.3 is 5.32 Å². The largest absolute Gasteiger partial charge is 0.356 e. The molecule has 192 valence electrons. The van der Waals surface area contributed by atoms with Crippen LogP contribution in [0.2, 0.25) is 0 Å². The van der Waals surface area contributed by atoms with E-state index in [-0.39, 0.29) is 5.41 Å². The van der Waals surface area contributed by atoms with Crippen molar-refractivity contribution < 1.29 is 0 Å². The molecule has 0 unspecified atom stereocenters. The number of fused-ring (bicyclic) bond motifs is 3. The van der Waals surface area contributed by atoms with Crippen LogP contribution in [0.25, 0.3) is 44.5 Å². The van der Waals surface area contributed by atoms with Gasteiger partial charge in [0.25, 0.3) is 0 Å². The van der Waals surface area contributed by atoms with Crippen LogP contribution in [0.5, 0.6) is 0 Å². The molecule has 6 aromatic rings. The van der Waals surface area contributed by atoms with Crippen LogP contribution in [-0.2, 0) is 5.41 Å². The van der Waals surface area contributed by atoms with E-state index < -0.39 is 0 Å². The molecule has 7 rings (SSSR count). The summed E-state index contributed by atoms with van der Waals surface area (Å²) in [4.78, 5) is 0. The predicted molar refractivity (Wildman–Crippen MR) is 170 cm³/mol.